The third-order valence-electron chi connectivity index (χ3n) is 5.88. The fraction of sp³-hybridized carbons (Fsp3) is 0.591. The normalized spacial score (nSPS) is 20.4. The fourth-order valence-corrected chi connectivity index (χ4v) is 3.96. The Morgan fingerprint density at radius 2 is 1.64 bits per heavy atom. The van der Waals surface area contributed by atoms with Gasteiger partial charge in [-0.2, -0.15) is 0 Å². The number of carbonyl (C=O) groups excluding carboxylic acids is 1. The van der Waals surface area contributed by atoms with E-state index in [-0.39, 0.29) is 5.91 Å². The first-order chi connectivity index (χ1) is 13.5. The summed E-state index contributed by atoms with van der Waals surface area (Å²) in [7, 11) is 4.16. The first kappa shape index (κ1) is 20.7. The summed E-state index contributed by atoms with van der Waals surface area (Å²) in [5, 5.41) is 0. The predicted octanol–water partition coefficient (Wildman–Crippen LogP) is 2.01. The van der Waals surface area contributed by atoms with Crippen molar-refractivity contribution in [1.29, 1.82) is 0 Å². The molecule has 6 heteroatoms. The minimum Gasteiger partial charge on any atom is -0.371 e. The van der Waals surface area contributed by atoms with E-state index in [1.165, 1.54) is 11.3 Å². The van der Waals surface area contributed by atoms with E-state index in [1.807, 2.05) is 29.5 Å². The van der Waals surface area contributed by atoms with Crippen LogP contribution in [0, 0.1) is 0 Å². The van der Waals surface area contributed by atoms with Crippen molar-refractivity contribution in [3.05, 3.63) is 47.4 Å². The molecular weight excluding hydrogens is 350 g/mol. The number of aromatic nitrogens is 1. The van der Waals surface area contributed by atoms with Crippen molar-refractivity contribution in [3.63, 3.8) is 0 Å². The lowest BCUT2D eigenvalue weighted by Gasteiger charge is -2.36. The minimum atomic E-state index is 0.155. The van der Waals surface area contributed by atoms with Crippen LogP contribution in [0.5, 0.6) is 0 Å². The molecule has 0 unspecified atom stereocenters. The van der Waals surface area contributed by atoms with Crippen LogP contribution in [-0.2, 0) is 13.6 Å². The average molecular weight is 386 g/mol. The smallest absolute Gasteiger partial charge is 0.270 e. The molecule has 0 bridgehead atoms. The molecule has 0 aromatic carbocycles. The Hall–Kier alpha value is -2.05. The quantitative estimate of drug-likeness (QED) is 0.727. The van der Waals surface area contributed by atoms with Gasteiger partial charge < -0.3 is 19.3 Å². The van der Waals surface area contributed by atoms with Crippen LogP contribution in [0.1, 0.15) is 29.9 Å². The fourth-order valence-electron chi connectivity index (χ4n) is 3.96. The number of aryl methyl sites for hydroxylation is 1. The van der Waals surface area contributed by atoms with Crippen molar-refractivity contribution in [1.82, 2.24) is 24.2 Å². The molecule has 2 saturated heterocycles. The van der Waals surface area contributed by atoms with Crippen LogP contribution >= 0.6 is 0 Å². The molecule has 0 N–H and O–H groups in total. The summed E-state index contributed by atoms with van der Waals surface area (Å²) in [6.07, 6.45) is 8.36. The highest BCUT2D eigenvalue weighted by molar-refractivity contribution is 5.93. The van der Waals surface area contributed by atoms with Gasteiger partial charge in [-0.1, -0.05) is 12.2 Å². The van der Waals surface area contributed by atoms with Crippen LogP contribution in [0.15, 0.2) is 36.2 Å². The number of piperazine rings is 2. The van der Waals surface area contributed by atoms with E-state index in [9.17, 15) is 4.79 Å². The van der Waals surface area contributed by atoms with Crippen molar-refractivity contribution < 1.29 is 4.79 Å². The number of nitrogens with zero attached hydrogens (tertiary/aromatic N) is 5. The van der Waals surface area contributed by atoms with Gasteiger partial charge in [0.1, 0.15) is 5.69 Å². The number of allylic oxidation sites excluding steroid dienone is 4. The zero-order valence-electron chi connectivity index (χ0n) is 17.9. The van der Waals surface area contributed by atoms with Gasteiger partial charge in [0, 0.05) is 77.8 Å². The van der Waals surface area contributed by atoms with Crippen molar-refractivity contribution >= 4 is 5.91 Å². The van der Waals surface area contributed by atoms with Gasteiger partial charge in [-0.3, -0.25) is 9.69 Å². The predicted molar refractivity (Wildman–Crippen MR) is 114 cm³/mol. The molecule has 28 heavy (non-hydrogen) atoms. The molecule has 0 radical (unpaired) electrons. The van der Waals surface area contributed by atoms with Gasteiger partial charge in [-0.25, -0.2) is 0 Å². The molecule has 154 valence electrons. The summed E-state index contributed by atoms with van der Waals surface area (Å²) in [4.78, 5) is 22.2. The number of carbonyl (C=O) groups is 1. The number of likely N-dealkylation sites (N-methyl/N-ethyl adjacent to an activating group) is 1. The monoisotopic (exact) mass is 385 g/mol. The number of hydrogen-bond donors (Lipinski definition) is 0. The lowest BCUT2D eigenvalue weighted by molar-refractivity contribution is 0.0660. The van der Waals surface area contributed by atoms with E-state index in [1.54, 1.807) is 0 Å². The molecule has 0 aliphatic carbocycles. The topological polar surface area (TPSA) is 35.0 Å². The Morgan fingerprint density at radius 1 is 1.00 bits per heavy atom. The Morgan fingerprint density at radius 3 is 2.29 bits per heavy atom. The number of hydrogen-bond acceptors (Lipinski definition) is 4. The van der Waals surface area contributed by atoms with Gasteiger partial charge in [-0.15, -0.1) is 0 Å². The van der Waals surface area contributed by atoms with Crippen LogP contribution in [0.4, 0.5) is 0 Å². The number of amides is 1. The molecule has 6 nitrogen and oxygen atoms in total. The van der Waals surface area contributed by atoms with E-state index in [0.717, 1.165) is 64.6 Å². The molecule has 3 heterocycles. The van der Waals surface area contributed by atoms with Gasteiger partial charge in [0.05, 0.1) is 0 Å². The van der Waals surface area contributed by atoms with Crippen molar-refractivity contribution in [3.8, 4) is 0 Å². The SMILES string of the molecule is C/C=C\C=C(/C)N1CCN(C(=O)c2cc(CN3CCN(C)CC3)cn2C)CC1. The molecule has 2 aliphatic rings. The van der Waals surface area contributed by atoms with E-state index in [4.69, 9.17) is 0 Å². The molecule has 2 aliphatic heterocycles. The zero-order chi connectivity index (χ0) is 20.1. The Bertz CT molecular complexity index is 719. The third kappa shape index (κ3) is 5.06. The minimum absolute atomic E-state index is 0.155. The highest BCUT2D eigenvalue weighted by Crippen LogP contribution is 2.16. The lowest BCUT2D eigenvalue weighted by Crippen LogP contribution is -2.48. The number of rotatable bonds is 5. The van der Waals surface area contributed by atoms with E-state index in [2.05, 4.69) is 53.1 Å². The first-order valence-corrected chi connectivity index (χ1v) is 10.4. The maximum Gasteiger partial charge on any atom is 0.270 e. The van der Waals surface area contributed by atoms with Crippen LogP contribution in [0.25, 0.3) is 0 Å². The van der Waals surface area contributed by atoms with Gasteiger partial charge in [-0.05, 0) is 38.6 Å². The van der Waals surface area contributed by atoms with E-state index < -0.39 is 0 Å². The Balaban J connectivity index is 1.57. The Kier molecular flexibility index (Phi) is 6.97. The Labute approximate surface area is 169 Å². The summed E-state index contributed by atoms with van der Waals surface area (Å²) in [5.74, 6) is 0.155. The molecule has 0 spiro atoms. The van der Waals surface area contributed by atoms with Crippen LogP contribution in [-0.4, -0.2) is 89.5 Å². The molecule has 0 saturated carbocycles. The molecular formula is C22H35N5O. The van der Waals surface area contributed by atoms with Crippen molar-refractivity contribution in [2.75, 3.05) is 59.4 Å². The average Bonchev–Trinajstić information content (AvgIpc) is 3.07. The summed E-state index contributed by atoms with van der Waals surface area (Å²) in [5.41, 5.74) is 3.30. The maximum atomic E-state index is 13.1. The zero-order valence-corrected chi connectivity index (χ0v) is 17.9. The summed E-state index contributed by atoms with van der Waals surface area (Å²) >= 11 is 0. The second kappa shape index (κ2) is 9.43. The standard InChI is InChI=1S/C22H35N5O/c1-5-6-7-19(2)26-12-14-27(15-13-26)22(28)21-16-20(17-24(21)4)18-25-10-8-23(3)9-11-25/h5-7,16-17H,8-15,18H2,1-4H3/b6-5-,19-7+. The van der Waals surface area contributed by atoms with Crippen molar-refractivity contribution in [2.45, 2.75) is 20.4 Å². The summed E-state index contributed by atoms with van der Waals surface area (Å²) < 4.78 is 2.00. The van der Waals surface area contributed by atoms with Gasteiger partial charge >= 0.3 is 0 Å². The summed E-state index contributed by atoms with van der Waals surface area (Å²) in [6, 6.07) is 2.09. The third-order valence-corrected chi connectivity index (χ3v) is 5.88. The highest BCUT2D eigenvalue weighted by Gasteiger charge is 2.24. The van der Waals surface area contributed by atoms with Gasteiger partial charge in [0.2, 0.25) is 0 Å². The second-order valence-electron chi connectivity index (χ2n) is 8.04. The van der Waals surface area contributed by atoms with E-state index in [0.29, 0.717) is 0 Å². The van der Waals surface area contributed by atoms with E-state index >= 15 is 0 Å². The molecule has 1 aromatic heterocycles. The van der Waals surface area contributed by atoms with Crippen molar-refractivity contribution in [2.24, 2.45) is 7.05 Å². The van der Waals surface area contributed by atoms with Crippen LogP contribution in [0.3, 0.4) is 0 Å². The largest absolute Gasteiger partial charge is 0.371 e. The summed E-state index contributed by atoms with van der Waals surface area (Å²) in [6.45, 7) is 12.9. The van der Waals surface area contributed by atoms with Crippen LogP contribution < -0.4 is 0 Å². The second-order valence-corrected chi connectivity index (χ2v) is 8.04. The molecule has 0 atom stereocenters. The van der Waals surface area contributed by atoms with Gasteiger partial charge in [0.25, 0.3) is 5.91 Å². The first-order valence-electron chi connectivity index (χ1n) is 10.4. The lowest BCUT2D eigenvalue weighted by atomic mass is 10.2. The molecule has 1 amide bonds. The molecule has 1 aromatic rings. The van der Waals surface area contributed by atoms with Crippen LogP contribution in [0.2, 0.25) is 0 Å². The molecule has 3 rings (SSSR count). The maximum absolute atomic E-state index is 13.1. The molecule has 2 fully saturated rings. The van der Waals surface area contributed by atoms with Gasteiger partial charge in [0.15, 0.2) is 0 Å². The highest BCUT2D eigenvalue weighted by atomic mass is 16.2.